The Hall–Kier alpha value is -3.58. The van der Waals surface area contributed by atoms with Crippen molar-refractivity contribution in [3.8, 4) is 11.5 Å². The van der Waals surface area contributed by atoms with Gasteiger partial charge in [-0.2, -0.15) is 0 Å². The third-order valence-electron chi connectivity index (χ3n) is 6.08. The molecule has 1 fully saturated rings. The Kier molecular flexibility index (Phi) is 9.09. The van der Waals surface area contributed by atoms with Crippen LogP contribution in [0, 0.1) is 0 Å². The van der Waals surface area contributed by atoms with E-state index in [0.29, 0.717) is 48.9 Å². The van der Waals surface area contributed by atoms with E-state index >= 15 is 0 Å². The van der Waals surface area contributed by atoms with Crippen molar-refractivity contribution in [2.45, 2.75) is 26.8 Å². The Morgan fingerprint density at radius 3 is 2.40 bits per heavy atom. The van der Waals surface area contributed by atoms with E-state index in [4.69, 9.17) is 9.47 Å². The predicted octanol–water partition coefficient (Wildman–Crippen LogP) is 4.41. The fraction of sp³-hybridized carbons (Fsp3) is 0.357. The van der Waals surface area contributed by atoms with E-state index in [1.807, 2.05) is 13.0 Å². The van der Waals surface area contributed by atoms with Crippen molar-refractivity contribution in [1.82, 2.24) is 9.80 Å². The largest absolute Gasteiger partial charge is 0.507 e. The van der Waals surface area contributed by atoms with E-state index < -0.39 is 17.7 Å². The summed E-state index contributed by atoms with van der Waals surface area (Å²) in [6.07, 6.45) is 1.64. The summed E-state index contributed by atoms with van der Waals surface area (Å²) in [5, 5.41) is 11.2. The topological polar surface area (TPSA) is 79.3 Å². The molecule has 7 nitrogen and oxygen atoms in total. The number of likely N-dealkylation sites (tertiary alicyclic amines) is 1. The van der Waals surface area contributed by atoms with E-state index in [2.05, 4.69) is 25.3 Å². The van der Waals surface area contributed by atoms with Gasteiger partial charge in [0.25, 0.3) is 11.7 Å². The van der Waals surface area contributed by atoms with Crippen LogP contribution in [0.5, 0.6) is 11.5 Å². The minimum atomic E-state index is -0.751. The molecule has 1 aliphatic rings. The molecule has 0 aromatic heterocycles. The Balaban J connectivity index is 2.13. The van der Waals surface area contributed by atoms with Crippen molar-refractivity contribution >= 4 is 17.4 Å². The highest BCUT2D eigenvalue weighted by molar-refractivity contribution is 6.46. The molecule has 1 amide bonds. The molecule has 2 aromatic carbocycles. The summed E-state index contributed by atoms with van der Waals surface area (Å²) in [7, 11) is 0. The van der Waals surface area contributed by atoms with Gasteiger partial charge in [-0.25, -0.2) is 0 Å². The van der Waals surface area contributed by atoms with Crippen LogP contribution in [-0.2, 0) is 9.59 Å². The minimum Gasteiger partial charge on any atom is -0.507 e. The normalized spacial score (nSPS) is 17.1. The van der Waals surface area contributed by atoms with Crippen molar-refractivity contribution in [3.63, 3.8) is 0 Å². The standard InChI is InChI=1S/C28H34N2O5/c1-5-18-35-22-15-14-21(19-23(22)34-8-4)25-24(26(31)20-12-10-9-11-13-20)27(32)28(33)30(25)17-16-29(6-2)7-3/h5,9-15,19,25,31H,1,6-8,16-18H2,2-4H3/b26-24+. The molecule has 0 bridgehead atoms. The quantitative estimate of drug-likeness (QED) is 0.211. The lowest BCUT2D eigenvalue weighted by molar-refractivity contribution is -0.140. The molecule has 3 rings (SSSR count). The van der Waals surface area contributed by atoms with Gasteiger partial charge in [0.05, 0.1) is 18.2 Å². The SMILES string of the molecule is C=CCOc1ccc(C2/C(=C(\O)c3ccccc3)C(=O)C(=O)N2CCN(CC)CC)cc1OCC. The zero-order valence-electron chi connectivity index (χ0n) is 20.7. The second kappa shape index (κ2) is 12.2. The number of rotatable bonds is 12. The van der Waals surface area contributed by atoms with Crippen LogP contribution >= 0.6 is 0 Å². The van der Waals surface area contributed by atoms with Gasteiger partial charge in [-0.1, -0.05) is 62.9 Å². The van der Waals surface area contributed by atoms with Crippen molar-refractivity contribution in [2.24, 2.45) is 0 Å². The molecule has 1 aliphatic heterocycles. The summed E-state index contributed by atoms with van der Waals surface area (Å²) < 4.78 is 11.5. The Labute approximate surface area is 207 Å². The van der Waals surface area contributed by atoms with Crippen molar-refractivity contribution in [2.75, 3.05) is 39.4 Å². The van der Waals surface area contributed by atoms with E-state index in [-0.39, 0.29) is 11.3 Å². The van der Waals surface area contributed by atoms with Crippen molar-refractivity contribution in [3.05, 3.63) is 77.9 Å². The van der Waals surface area contributed by atoms with Gasteiger partial charge < -0.3 is 24.4 Å². The molecule has 0 radical (unpaired) electrons. The molecule has 1 atom stereocenters. The summed E-state index contributed by atoms with van der Waals surface area (Å²) in [6.45, 7) is 13.0. The fourth-order valence-corrected chi connectivity index (χ4v) is 4.23. The Bertz CT molecular complexity index is 1080. The summed E-state index contributed by atoms with van der Waals surface area (Å²) in [5.74, 6) is -0.464. The number of aliphatic hydroxyl groups excluding tert-OH is 1. The molecule has 1 N–H and O–H groups in total. The van der Waals surface area contributed by atoms with Gasteiger partial charge in [0.1, 0.15) is 12.4 Å². The van der Waals surface area contributed by atoms with Gasteiger partial charge in [0.15, 0.2) is 11.5 Å². The van der Waals surface area contributed by atoms with Crippen LogP contribution in [0.2, 0.25) is 0 Å². The number of benzene rings is 2. The van der Waals surface area contributed by atoms with Gasteiger partial charge in [-0.05, 0) is 37.7 Å². The smallest absolute Gasteiger partial charge is 0.295 e. The van der Waals surface area contributed by atoms with E-state index in [1.54, 1.807) is 53.4 Å². The molecule has 0 aliphatic carbocycles. The first kappa shape index (κ1) is 26.0. The van der Waals surface area contributed by atoms with Crippen LogP contribution in [0.15, 0.2) is 66.8 Å². The number of hydrogen-bond acceptors (Lipinski definition) is 6. The zero-order valence-corrected chi connectivity index (χ0v) is 20.7. The van der Waals surface area contributed by atoms with Gasteiger partial charge in [-0.15, -0.1) is 0 Å². The Morgan fingerprint density at radius 1 is 1.06 bits per heavy atom. The molecular weight excluding hydrogens is 444 g/mol. The molecule has 1 heterocycles. The van der Waals surface area contributed by atoms with Crippen molar-refractivity contribution < 1.29 is 24.2 Å². The number of carbonyl (C=O) groups is 2. The van der Waals surface area contributed by atoms with Crippen LogP contribution in [0.4, 0.5) is 0 Å². The molecule has 2 aromatic rings. The van der Waals surface area contributed by atoms with Gasteiger partial charge in [-0.3, -0.25) is 9.59 Å². The highest BCUT2D eigenvalue weighted by Crippen LogP contribution is 2.42. The average molecular weight is 479 g/mol. The molecular formula is C28H34N2O5. The number of carbonyl (C=O) groups excluding carboxylic acids is 2. The minimum absolute atomic E-state index is 0.0722. The molecule has 1 unspecified atom stereocenters. The maximum atomic E-state index is 13.2. The number of Topliss-reactive ketones (excluding diaryl/α,β-unsaturated/α-hetero) is 1. The lowest BCUT2D eigenvalue weighted by atomic mass is 9.95. The van der Waals surface area contributed by atoms with Crippen LogP contribution in [0.1, 0.15) is 37.9 Å². The number of likely N-dealkylation sites (N-methyl/N-ethyl adjacent to an activating group) is 1. The maximum absolute atomic E-state index is 13.2. The van der Waals surface area contributed by atoms with Crippen molar-refractivity contribution in [1.29, 1.82) is 0 Å². The van der Waals surface area contributed by atoms with Gasteiger partial charge in [0.2, 0.25) is 0 Å². The summed E-state index contributed by atoms with van der Waals surface area (Å²) in [6, 6.07) is 13.4. The van der Waals surface area contributed by atoms with Crippen LogP contribution in [0.25, 0.3) is 5.76 Å². The van der Waals surface area contributed by atoms with Gasteiger partial charge >= 0.3 is 0 Å². The highest BCUT2D eigenvalue weighted by atomic mass is 16.5. The summed E-state index contributed by atoms with van der Waals surface area (Å²) in [5.41, 5.74) is 1.22. The molecule has 0 spiro atoms. The first-order valence-corrected chi connectivity index (χ1v) is 12.0. The monoisotopic (exact) mass is 478 g/mol. The van der Waals surface area contributed by atoms with E-state index in [9.17, 15) is 14.7 Å². The number of amides is 1. The second-order valence-corrected chi connectivity index (χ2v) is 8.12. The molecule has 1 saturated heterocycles. The fourth-order valence-electron chi connectivity index (χ4n) is 4.23. The zero-order chi connectivity index (χ0) is 25.4. The highest BCUT2D eigenvalue weighted by Gasteiger charge is 2.46. The number of ether oxygens (including phenoxy) is 2. The molecule has 35 heavy (non-hydrogen) atoms. The number of hydrogen-bond donors (Lipinski definition) is 1. The number of nitrogens with zero attached hydrogens (tertiary/aromatic N) is 2. The Morgan fingerprint density at radius 2 is 1.77 bits per heavy atom. The van der Waals surface area contributed by atoms with Crippen LogP contribution < -0.4 is 9.47 Å². The number of aliphatic hydroxyl groups is 1. The lowest BCUT2D eigenvalue weighted by Crippen LogP contribution is -2.38. The molecule has 0 saturated carbocycles. The second-order valence-electron chi connectivity index (χ2n) is 8.12. The maximum Gasteiger partial charge on any atom is 0.295 e. The molecule has 186 valence electrons. The van der Waals surface area contributed by atoms with E-state index in [1.165, 1.54) is 0 Å². The first-order valence-electron chi connectivity index (χ1n) is 12.0. The third kappa shape index (κ3) is 5.74. The molecule has 7 heteroatoms. The summed E-state index contributed by atoms with van der Waals surface area (Å²) in [4.78, 5) is 30.1. The summed E-state index contributed by atoms with van der Waals surface area (Å²) >= 11 is 0. The third-order valence-corrected chi connectivity index (χ3v) is 6.08. The first-order chi connectivity index (χ1) is 17.0. The van der Waals surface area contributed by atoms with Gasteiger partial charge in [0, 0.05) is 18.7 Å². The predicted molar refractivity (Wildman–Crippen MR) is 137 cm³/mol. The van der Waals surface area contributed by atoms with Crippen LogP contribution in [0.3, 0.4) is 0 Å². The lowest BCUT2D eigenvalue weighted by Gasteiger charge is -2.28. The van der Waals surface area contributed by atoms with Crippen LogP contribution in [-0.4, -0.2) is 66.0 Å². The average Bonchev–Trinajstić information content (AvgIpc) is 3.13. The number of ketones is 1. The van der Waals surface area contributed by atoms with E-state index in [0.717, 1.165) is 13.1 Å².